The first kappa shape index (κ1) is 28.6. The minimum absolute atomic E-state index is 0.268. The number of aryl methyl sites for hydroxylation is 3. The molecule has 0 fully saturated rings. The second kappa shape index (κ2) is 10.0. The molecule has 1 atom stereocenters. The van der Waals surface area contributed by atoms with Gasteiger partial charge in [-0.3, -0.25) is 4.68 Å². The number of aromatic nitrogens is 6. The molecular formula is C32H35F2N7O2. The predicted molar refractivity (Wildman–Crippen MR) is 160 cm³/mol. The van der Waals surface area contributed by atoms with E-state index >= 15 is 4.39 Å². The van der Waals surface area contributed by atoms with Gasteiger partial charge in [-0.15, -0.1) is 0 Å². The molecule has 0 saturated carbocycles. The summed E-state index contributed by atoms with van der Waals surface area (Å²) < 4.78 is 41.4. The highest BCUT2D eigenvalue weighted by molar-refractivity contribution is 5.85. The van der Waals surface area contributed by atoms with Gasteiger partial charge in [0.15, 0.2) is 0 Å². The highest BCUT2D eigenvalue weighted by atomic mass is 19.1. The standard InChI is InChI=1S/C32H35F2N7O2/c1-17-13-20(14-18(2)27(17)33)41-29(26-19(3)40(12-11-23(26)37-41)31(42)43-32(4,5)6)25-16-35-30(38(25)7)21-9-10-24-22(28(21)34)15-36-39(24)8/h9-10,13-16,19H,11-12H2,1-8H3/t19-/m0/s1. The highest BCUT2D eigenvalue weighted by Gasteiger charge is 2.37. The third kappa shape index (κ3) is 4.67. The molecular weight excluding hydrogens is 552 g/mol. The number of rotatable bonds is 3. The van der Waals surface area contributed by atoms with Gasteiger partial charge in [0.25, 0.3) is 0 Å². The van der Waals surface area contributed by atoms with Crippen molar-refractivity contribution >= 4 is 17.0 Å². The van der Waals surface area contributed by atoms with Gasteiger partial charge in [0.05, 0.1) is 57.7 Å². The molecule has 0 aliphatic carbocycles. The normalized spacial score (nSPS) is 15.3. The molecule has 6 rings (SSSR count). The smallest absolute Gasteiger partial charge is 0.410 e. The van der Waals surface area contributed by atoms with Gasteiger partial charge in [0.1, 0.15) is 23.1 Å². The summed E-state index contributed by atoms with van der Waals surface area (Å²) in [6.45, 7) is 11.4. The number of carbonyl (C=O) groups excluding carboxylic acids is 1. The van der Waals surface area contributed by atoms with E-state index in [0.29, 0.717) is 63.5 Å². The maximum atomic E-state index is 15.8. The van der Waals surface area contributed by atoms with Crippen LogP contribution in [0.1, 0.15) is 56.1 Å². The molecule has 3 aromatic heterocycles. The molecule has 0 unspecified atom stereocenters. The van der Waals surface area contributed by atoms with Crippen LogP contribution in [0.15, 0.2) is 36.7 Å². The van der Waals surface area contributed by atoms with Crippen LogP contribution in [0.5, 0.6) is 0 Å². The van der Waals surface area contributed by atoms with Gasteiger partial charge in [0, 0.05) is 32.6 Å². The Morgan fingerprint density at radius 3 is 2.42 bits per heavy atom. The van der Waals surface area contributed by atoms with Crippen LogP contribution < -0.4 is 0 Å². The molecule has 1 amide bonds. The molecule has 0 bridgehead atoms. The number of halogens is 2. The van der Waals surface area contributed by atoms with Crippen molar-refractivity contribution in [3.05, 3.63) is 70.7 Å². The van der Waals surface area contributed by atoms with Crippen molar-refractivity contribution in [3.63, 3.8) is 0 Å². The third-order valence-corrected chi connectivity index (χ3v) is 8.10. The lowest BCUT2D eigenvalue weighted by Gasteiger charge is -2.35. The van der Waals surface area contributed by atoms with Gasteiger partial charge in [-0.2, -0.15) is 10.2 Å². The van der Waals surface area contributed by atoms with E-state index < -0.39 is 17.5 Å². The second-order valence-electron chi connectivity index (χ2n) is 12.3. The number of benzene rings is 2. The Bertz CT molecular complexity index is 1890. The molecule has 0 radical (unpaired) electrons. The molecule has 2 aromatic carbocycles. The van der Waals surface area contributed by atoms with Crippen molar-refractivity contribution in [2.75, 3.05) is 6.54 Å². The van der Waals surface area contributed by atoms with Crippen molar-refractivity contribution < 1.29 is 18.3 Å². The van der Waals surface area contributed by atoms with E-state index in [1.54, 1.807) is 59.6 Å². The fourth-order valence-corrected chi connectivity index (χ4v) is 5.97. The van der Waals surface area contributed by atoms with Gasteiger partial charge in [-0.25, -0.2) is 23.2 Å². The molecule has 0 saturated heterocycles. The van der Waals surface area contributed by atoms with E-state index in [4.69, 9.17) is 9.84 Å². The second-order valence-corrected chi connectivity index (χ2v) is 12.3. The van der Waals surface area contributed by atoms with Gasteiger partial charge in [-0.1, -0.05) is 0 Å². The number of imidazole rings is 1. The van der Waals surface area contributed by atoms with Crippen LogP contribution in [0.2, 0.25) is 0 Å². The zero-order chi connectivity index (χ0) is 31.0. The van der Waals surface area contributed by atoms with E-state index in [1.165, 1.54) is 6.20 Å². The van der Waals surface area contributed by atoms with Crippen LogP contribution in [-0.4, -0.2) is 52.3 Å². The molecule has 43 heavy (non-hydrogen) atoms. The average molecular weight is 588 g/mol. The summed E-state index contributed by atoms with van der Waals surface area (Å²) in [4.78, 5) is 19.6. The molecule has 0 spiro atoms. The first-order valence-corrected chi connectivity index (χ1v) is 14.3. The number of hydrogen-bond acceptors (Lipinski definition) is 5. The van der Waals surface area contributed by atoms with Crippen LogP contribution in [0.4, 0.5) is 13.6 Å². The fraction of sp³-hybridized carbons (Fsp3) is 0.375. The van der Waals surface area contributed by atoms with Crippen molar-refractivity contribution in [1.29, 1.82) is 0 Å². The Morgan fingerprint density at radius 1 is 1.05 bits per heavy atom. The van der Waals surface area contributed by atoms with Crippen LogP contribution in [0, 0.1) is 25.5 Å². The summed E-state index contributed by atoms with van der Waals surface area (Å²) >= 11 is 0. The SMILES string of the molecule is Cc1cc(-n2nc3c(c2-c2cnc(-c4ccc5c(cnn5C)c4F)n2C)[C@H](C)N(C(=O)OC(C)(C)C)CC3)cc(C)c1F. The summed E-state index contributed by atoms with van der Waals surface area (Å²) in [7, 11) is 3.60. The molecule has 0 N–H and O–H groups in total. The molecule has 1 aliphatic heterocycles. The largest absolute Gasteiger partial charge is 0.444 e. The van der Waals surface area contributed by atoms with Gasteiger partial charge in [0.2, 0.25) is 0 Å². The van der Waals surface area contributed by atoms with Crippen LogP contribution in [0.25, 0.3) is 39.4 Å². The Labute approximate surface area is 248 Å². The number of carbonyl (C=O) groups is 1. The zero-order valence-electron chi connectivity index (χ0n) is 25.7. The molecule has 5 aromatic rings. The van der Waals surface area contributed by atoms with Gasteiger partial charge >= 0.3 is 6.09 Å². The minimum Gasteiger partial charge on any atom is -0.444 e. The number of fused-ring (bicyclic) bond motifs is 2. The summed E-state index contributed by atoms with van der Waals surface area (Å²) in [5.41, 5.74) is 5.09. The molecule has 224 valence electrons. The molecule has 4 heterocycles. The summed E-state index contributed by atoms with van der Waals surface area (Å²) in [5, 5.41) is 9.60. The fourth-order valence-electron chi connectivity index (χ4n) is 5.97. The van der Waals surface area contributed by atoms with E-state index in [9.17, 15) is 9.18 Å². The number of nitrogens with zero attached hydrogens (tertiary/aromatic N) is 7. The Kier molecular flexibility index (Phi) is 6.67. The molecule has 9 nitrogen and oxygen atoms in total. The lowest BCUT2D eigenvalue weighted by molar-refractivity contribution is 0.0160. The first-order valence-electron chi connectivity index (χ1n) is 14.3. The lowest BCUT2D eigenvalue weighted by atomic mass is 9.96. The van der Waals surface area contributed by atoms with E-state index in [0.717, 1.165) is 11.3 Å². The summed E-state index contributed by atoms with van der Waals surface area (Å²) in [6.07, 6.45) is 3.30. The van der Waals surface area contributed by atoms with E-state index in [2.05, 4.69) is 10.1 Å². The topological polar surface area (TPSA) is 83.0 Å². The summed E-state index contributed by atoms with van der Waals surface area (Å²) in [5.74, 6) is -0.245. The average Bonchev–Trinajstić information content (AvgIpc) is 3.62. The zero-order valence-corrected chi connectivity index (χ0v) is 25.7. The van der Waals surface area contributed by atoms with Crippen molar-refractivity contribution in [2.24, 2.45) is 14.1 Å². The number of ether oxygens (including phenoxy) is 1. The maximum absolute atomic E-state index is 15.8. The minimum atomic E-state index is -0.649. The van der Waals surface area contributed by atoms with E-state index in [1.807, 2.05) is 45.4 Å². The monoisotopic (exact) mass is 587 g/mol. The maximum Gasteiger partial charge on any atom is 0.410 e. The van der Waals surface area contributed by atoms with Gasteiger partial charge in [-0.05, 0) is 76.9 Å². The number of hydrogen-bond donors (Lipinski definition) is 0. The summed E-state index contributed by atoms with van der Waals surface area (Å²) in [6, 6.07) is 6.66. The Morgan fingerprint density at radius 2 is 1.74 bits per heavy atom. The Balaban J connectivity index is 1.55. The van der Waals surface area contributed by atoms with Crippen molar-refractivity contribution in [2.45, 2.75) is 59.6 Å². The third-order valence-electron chi connectivity index (χ3n) is 8.10. The molecule has 11 heteroatoms. The highest BCUT2D eigenvalue weighted by Crippen LogP contribution is 2.41. The van der Waals surface area contributed by atoms with Crippen LogP contribution in [-0.2, 0) is 25.3 Å². The number of amides is 1. The van der Waals surface area contributed by atoms with Gasteiger partial charge < -0.3 is 14.2 Å². The van der Waals surface area contributed by atoms with Crippen LogP contribution in [0.3, 0.4) is 0 Å². The molecule has 1 aliphatic rings. The van der Waals surface area contributed by atoms with E-state index in [-0.39, 0.29) is 11.9 Å². The quantitative estimate of drug-likeness (QED) is 0.238. The van der Waals surface area contributed by atoms with Crippen molar-refractivity contribution in [3.8, 4) is 28.5 Å². The lowest BCUT2D eigenvalue weighted by Crippen LogP contribution is -2.42. The first-order chi connectivity index (χ1) is 20.3. The predicted octanol–water partition coefficient (Wildman–Crippen LogP) is 6.58. The van der Waals surface area contributed by atoms with Crippen molar-refractivity contribution in [1.82, 2.24) is 34.0 Å². The Hall–Kier alpha value is -4.54. The van der Waals surface area contributed by atoms with Crippen LogP contribution >= 0.6 is 0 Å².